The van der Waals surface area contributed by atoms with Gasteiger partial charge in [-0.3, -0.25) is 4.79 Å². The number of carbonyl (C=O) groups is 1. The lowest BCUT2D eigenvalue weighted by molar-refractivity contribution is -0.114. The van der Waals surface area contributed by atoms with E-state index in [1.165, 1.54) is 0 Å². The summed E-state index contributed by atoms with van der Waals surface area (Å²) in [6.07, 6.45) is 2.02. The maximum atomic E-state index is 12.2. The van der Waals surface area contributed by atoms with Crippen LogP contribution in [-0.2, 0) is 4.79 Å². The van der Waals surface area contributed by atoms with E-state index in [0.29, 0.717) is 33.8 Å². The Bertz CT molecular complexity index is 692. The molecule has 0 saturated heterocycles. The number of halogens is 2. The number of para-hydroxylation sites is 2. The fourth-order valence-electron chi connectivity index (χ4n) is 2.03. The summed E-state index contributed by atoms with van der Waals surface area (Å²) in [5.41, 5.74) is 1.27. The van der Waals surface area contributed by atoms with Crippen LogP contribution in [0.25, 0.3) is 0 Å². The highest BCUT2D eigenvalue weighted by atomic mass is 35.5. The van der Waals surface area contributed by atoms with Gasteiger partial charge >= 0.3 is 0 Å². The first-order valence-electron chi connectivity index (χ1n) is 7.81. The first-order chi connectivity index (χ1) is 11.6. The monoisotopic (exact) mass is 366 g/mol. The number of unbranched alkanes of at least 4 members (excludes halogenated alkanes) is 1. The van der Waals surface area contributed by atoms with Gasteiger partial charge < -0.3 is 15.4 Å². The van der Waals surface area contributed by atoms with E-state index in [1.54, 1.807) is 18.2 Å². The predicted octanol–water partition coefficient (Wildman–Crippen LogP) is 5.22. The summed E-state index contributed by atoms with van der Waals surface area (Å²) in [7, 11) is 0. The maximum Gasteiger partial charge on any atom is 0.243 e. The molecular formula is C18H20Cl2N2O2. The molecule has 24 heavy (non-hydrogen) atoms. The highest BCUT2D eigenvalue weighted by molar-refractivity contribution is 6.43. The molecule has 6 heteroatoms. The van der Waals surface area contributed by atoms with E-state index in [-0.39, 0.29) is 12.5 Å². The zero-order chi connectivity index (χ0) is 17.4. The Morgan fingerprint density at radius 1 is 1.08 bits per heavy atom. The molecule has 0 atom stereocenters. The molecule has 0 saturated carbocycles. The molecule has 2 N–H and O–H groups in total. The summed E-state index contributed by atoms with van der Waals surface area (Å²) in [6.45, 7) is 2.80. The van der Waals surface area contributed by atoms with Crippen molar-refractivity contribution in [2.75, 3.05) is 23.8 Å². The topological polar surface area (TPSA) is 50.4 Å². The maximum absolute atomic E-state index is 12.2. The van der Waals surface area contributed by atoms with Crippen molar-refractivity contribution in [2.24, 2.45) is 0 Å². The normalized spacial score (nSPS) is 10.3. The molecule has 0 aromatic heterocycles. The minimum atomic E-state index is -0.197. The molecule has 2 aromatic carbocycles. The van der Waals surface area contributed by atoms with Crippen LogP contribution in [0.4, 0.5) is 11.4 Å². The molecule has 4 nitrogen and oxygen atoms in total. The van der Waals surface area contributed by atoms with Gasteiger partial charge in [0.1, 0.15) is 5.75 Å². The largest absolute Gasteiger partial charge is 0.491 e. The van der Waals surface area contributed by atoms with Crippen molar-refractivity contribution in [3.63, 3.8) is 0 Å². The van der Waals surface area contributed by atoms with Crippen LogP contribution in [0, 0.1) is 0 Å². The summed E-state index contributed by atoms with van der Waals surface area (Å²) in [5, 5.41) is 6.66. The number of hydrogen-bond acceptors (Lipinski definition) is 3. The molecule has 0 aliphatic carbocycles. The molecule has 0 aliphatic rings. The van der Waals surface area contributed by atoms with Crippen LogP contribution in [0.3, 0.4) is 0 Å². The summed E-state index contributed by atoms with van der Waals surface area (Å²) in [4.78, 5) is 12.2. The molecule has 0 fully saturated rings. The first-order valence-corrected chi connectivity index (χ1v) is 8.57. The second-order valence-electron chi connectivity index (χ2n) is 5.20. The minimum Gasteiger partial charge on any atom is -0.491 e. The van der Waals surface area contributed by atoms with Crippen molar-refractivity contribution >= 4 is 40.5 Å². The summed E-state index contributed by atoms with van der Waals surface area (Å²) in [5.74, 6) is 0.470. The molecule has 0 bridgehead atoms. The molecule has 2 aromatic rings. The summed E-state index contributed by atoms with van der Waals surface area (Å²) >= 11 is 12.0. The average molecular weight is 367 g/mol. The van der Waals surface area contributed by atoms with Crippen molar-refractivity contribution < 1.29 is 9.53 Å². The third kappa shape index (κ3) is 5.32. The lowest BCUT2D eigenvalue weighted by atomic mass is 10.3. The molecular weight excluding hydrogens is 347 g/mol. The number of rotatable bonds is 8. The second-order valence-corrected chi connectivity index (χ2v) is 5.99. The van der Waals surface area contributed by atoms with Crippen LogP contribution < -0.4 is 15.4 Å². The van der Waals surface area contributed by atoms with Gasteiger partial charge in [0.05, 0.1) is 34.6 Å². The Balaban J connectivity index is 1.94. The van der Waals surface area contributed by atoms with E-state index in [2.05, 4.69) is 17.6 Å². The van der Waals surface area contributed by atoms with Gasteiger partial charge in [0.15, 0.2) is 0 Å². The highest BCUT2D eigenvalue weighted by Crippen LogP contribution is 2.29. The first kappa shape index (κ1) is 18.4. The van der Waals surface area contributed by atoms with E-state index in [4.69, 9.17) is 27.9 Å². The lowest BCUT2D eigenvalue weighted by Crippen LogP contribution is -2.22. The van der Waals surface area contributed by atoms with Gasteiger partial charge in [-0.15, -0.1) is 0 Å². The molecule has 0 aliphatic heterocycles. The number of hydrogen-bond donors (Lipinski definition) is 2. The smallest absolute Gasteiger partial charge is 0.243 e. The fourth-order valence-corrected chi connectivity index (χ4v) is 2.40. The minimum absolute atomic E-state index is 0.0728. The van der Waals surface area contributed by atoms with Crippen molar-refractivity contribution in [1.29, 1.82) is 0 Å². The molecule has 0 spiro atoms. The molecule has 128 valence electrons. The predicted molar refractivity (Wildman–Crippen MR) is 100 cm³/mol. The zero-order valence-corrected chi connectivity index (χ0v) is 15.0. The molecule has 0 unspecified atom stereocenters. The SMILES string of the molecule is CCCCOc1ccccc1NC(=O)CNc1cccc(Cl)c1Cl. The van der Waals surface area contributed by atoms with Crippen LogP contribution in [0.2, 0.25) is 10.0 Å². The summed E-state index contributed by atoms with van der Waals surface area (Å²) in [6, 6.07) is 12.6. The summed E-state index contributed by atoms with van der Waals surface area (Å²) < 4.78 is 5.70. The quantitative estimate of drug-likeness (QED) is 0.629. The van der Waals surface area contributed by atoms with E-state index >= 15 is 0 Å². The van der Waals surface area contributed by atoms with Gasteiger partial charge in [-0.05, 0) is 30.7 Å². The van der Waals surface area contributed by atoms with E-state index in [1.807, 2.05) is 24.3 Å². The van der Waals surface area contributed by atoms with Crippen LogP contribution in [0.1, 0.15) is 19.8 Å². The molecule has 0 heterocycles. The van der Waals surface area contributed by atoms with Gasteiger partial charge in [0.25, 0.3) is 0 Å². The van der Waals surface area contributed by atoms with Crippen LogP contribution >= 0.6 is 23.2 Å². The Hall–Kier alpha value is -1.91. The standard InChI is InChI=1S/C18H20Cl2N2O2/c1-2-3-11-24-16-10-5-4-8-14(16)22-17(23)12-21-15-9-6-7-13(19)18(15)20/h4-10,21H,2-3,11-12H2,1H3,(H,22,23). The van der Waals surface area contributed by atoms with Gasteiger partial charge in [-0.2, -0.15) is 0 Å². The van der Waals surface area contributed by atoms with Gasteiger partial charge in [-0.1, -0.05) is 54.7 Å². The Morgan fingerprint density at radius 3 is 2.62 bits per heavy atom. The van der Waals surface area contributed by atoms with Gasteiger partial charge in [-0.25, -0.2) is 0 Å². The van der Waals surface area contributed by atoms with E-state index < -0.39 is 0 Å². The van der Waals surface area contributed by atoms with E-state index in [0.717, 1.165) is 12.8 Å². The Labute approximate surface area is 152 Å². The zero-order valence-electron chi connectivity index (χ0n) is 13.4. The molecule has 0 radical (unpaired) electrons. The van der Waals surface area contributed by atoms with Gasteiger partial charge in [0.2, 0.25) is 5.91 Å². The number of anilines is 2. The third-order valence-electron chi connectivity index (χ3n) is 3.31. The van der Waals surface area contributed by atoms with E-state index in [9.17, 15) is 4.79 Å². The Kier molecular flexibility index (Phi) is 7.22. The van der Waals surface area contributed by atoms with Crippen molar-refractivity contribution in [2.45, 2.75) is 19.8 Å². The molecule has 2 rings (SSSR count). The number of benzene rings is 2. The van der Waals surface area contributed by atoms with Crippen LogP contribution in [0.5, 0.6) is 5.75 Å². The number of ether oxygens (including phenoxy) is 1. The van der Waals surface area contributed by atoms with Crippen molar-refractivity contribution in [3.05, 3.63) is 52.5 Å². The lowest BCUT2D eigenvalue weighted by Gasteiger charge is -2.13. The van der Waals surface area contributed by atoms with Gasteiger partial charge in [0, 0.05) is 0 Å². The van der Waals surface area contributed by atoms with Crippen LogP contribution in [0.15, 0.2) is 42.5 Å². The third-order valence-corrected chi connectivity index (χ3v) is 4.13. The Morgan fingerprint density at radius 2 is 1.83 bits per heavy atom. The van der Waals surface area contributed by atoms with Crippen LogP contribution in [-0.4, -0.2) is 19.1 Å². The highest BCUT2D eigenvalue weighted by Gasteiger charge is 2.09. The second kappa shape index (κ2) is 9.40. The number of carbonyl (C=O) groups excluding carboxylic acids is 1. The van der Waals surface area contributed by atoms with Crippen molar-refractivity contribution in [3.8, 4) is 5.75 Å². The number of nitrogens with one attached hydrogen (secondary N) is 2. The molecule has 1 amide bonds. The van der Waals surface area contributed by atoms with Crippen molar-refractivity contribution in [1.82, 2.24) is 0 Å². The average Bonchev–Trinajstić information content (AvgIpc) is 2.58. The fraction of sp³-hybridized carbons (Fsp3) is 0.278. The number of amides is 1.